The van der Waals surface area contributed by atoms with Crippen LogP contribution in [0.2, 0.25) is 0 Å². The Labute approximate surface area is 489 Å². The third-order valence-corrected chi connectivity index (χ3v) is 35.3. The summed E-state index contributed by atoms with van der Waals surface area (Å²) in [7, 11) is -19.2. The number of rotatable bonds is 8. The minimum Gasteiger partial charge on any atom is -0.166 e. The molecule has 9 rings (SSSR count). The van der Waals surface area contributed by atoms with Gasteiger partial charge in [-0.25, -0.2) is 0 Å². The average Bonchev–Trinajstić information content (AvgIpc) is 0.705. The van der Waals surface area contributed by atoms with Gasteiger partial charge in [0.15, 0.2) is 0 Å². The molecule has 0 saturated carbocycles. The Morgan fingerprint density at radius 2 is 0.227 bits per heavy atom. The van der Waals surface area contributed by atoms with Crippen molar-refractivity contribution in [2.45, 2.75) is 49.4 Å². The third kappa shape index (κ3) is 13.3. The number of hydrogen-bond acceptors (Lipinski definition) is 0. The fourth-order valence-corrected chi connectivity index (χ4v) is 37.3. The second-order valence-corrected chi connectivity index (χ2v) is 34.0. The first-order valence-corrected chi connectivity index (χ1v) is 32.7. The maximum Gasteiger partial charge on any atom is 0.583 e. The van der Waals surface area contributed by atoms with E-state index in [1.807, 2.05) is 0 Å². The molecule has 32 heteroatoms. The molecule has 0 aliphatic carbocycles. The van der Waals surface area contributed by atoms with Crippen LogP contribution in [0.15, 0.2) is 194 Å². The number of hydrogen-bond donors (Lipinski definition) is 0. The topological polar surface area (TPSA) is 0 Å². The molecule has 0 aromatic heterocycles. The maximum atomic E-state index is 14.7. The normalized spacial score (nSPS) is 16.5. The van der Waals surface area contributed by atoms with Crippen molar-refractivity contribution in [3.05, 3.63) is 239 Å². The summed E-state index contributed by atoms with van der Waals surface area (Å²) in [6, 6.07) is 20.9. The van der Waals surface area contributed by atoms with Crippen molar-refractivity contribution in [3.8, 4) is 0 Å². The van der Waals surface area contributed by atoms with Crippen molar-refractivity contribution >= 4 is 97.4 Å². The van der Waals surface area contributed by atoms with Gasteiger partial charge >= 0.3 is 76.3 Å². The van der Waals surface area contributed by atoms with Gasteiger partial charge in [-0.1, -0.05) is 0 Å². The van der Waals surface area contributed by atoms with Crippen molar-refractivity contribution in [2.24, 2.45) is 0 Å². The lowest BCUT2D eigenvalue weighted by Crippen LogP contribution is -2.49. The van der Waals surface area contributed by atoms with Gasteiger partial charge in [-0.3, -0.25) is 0 Å². The summed E-state index contributed by atoms with van der Waals surface area (Å²) in [6.45, 7) is 5.04. The molecule has 1 heterocycles. The summed E-state index contributed by atoms with van der Waals surface area (Å²) in [5.74, 6) is 0. The van der Waals surface area contributed by atoms with Gasteiger partial charge in [-0.05, 0) is 194 Å². The minimum atomic E-state index is -5.17. The zero-order valence-electron chi connectivity index (χ0n) is 43.6. The summed E-state index contributed by atoms with van der Waals surface area (Å²) in [5.41, 5.74) is -11.1. The molecule has 0 amide bonds. The summed E-state index contributed by atoms with van der Waals surface area (Å²) >= 11 is 0. The highest BCUT2D eigenvalue weighted by molar-refractivity contribution is 8.73. The molecule has 1 aliphatic heterocycles. The van der Waals surface area contributed by atoms with E-state index in [0.717, 1.165) is 97.1 Å². The first-order chi connectivity index (χ1) is 40.5. The van der Waals surface area contributed by atoms with Crippen LogP contribution in [-0.4, -0.2) is 26.9 Å². The van der Waals surface area contributed by atoms with Crippen molar-refractivity contribution in [1.82, 2.24) is 0 Å². The van der Waals surface area contributed by atoms with Gasteiger partial charge in [-0.2, -0.15) is 105 Å². The van der Waals surface area contributed by atoms with Gasteiger partial charge in [0.05, 0.1) is 115 Å². The molecule has 452 valence electrons. The predicted octanol–water partition coefficient (Wildman–Crippen LogP) is 17.0. The van der Waals surface area contributed by atoms with Crippen molar-refractivity contribution in [3.63, 3.8) is 0 Å². The molecule has 0 spiro atoms. The van der Waals surface area contributed by atoms with E-state index in [0.29, 0.717) is 97.1 Å². The van der Waals surface area contributed by atoms with Gasteiger partial charge in [0, 0.05) is 0 Å². The van der Waals surface area contributed by atoms with E-state index in [1.54, 1.807) is 0 Å². The van der Waals surface area contributed by atoms with E-state index >= 15 is 0 Å². The predicted molar refractivity (Wildman–Crippen MR) is 299 cm³/mol. The Kier molecular flexibility index (Phi) is 17.4. The molecule has 0 unspecified atom stereocenters. The van der Waals surface area contributed by atoms with Crippen LogP contribution in [-0.2, 0) is 49.4 Å². The summed E-state index contributed by atoms with van der Waals surface area (Å²) in [4.78, 5) is 0. The second-order valence-electron chi connectivity index (χ2n) is 19.9. The van der Waals surface area contributed by atoms with Gasteiger partial charge in [-0.15, -0.1) is 0 Å². The van der Waals surface area contributed by atoms with Gasteiger partial charge < -0.3 is 0 Å². The molecule has 8 aromatic carbocycles. The van der Waals surface area contributed by atoms with E-state index < -0.39 is 122 Å². The largest absolute Gasteiger partial charge is 0.583 e. The Hall–Kier alpha value is -5.94. The first-order valence-electron chi connectivity index (χ1n) is 25.0. The summed E-state index contributed by atoms with van der Waals surface area (Å²) < 4.78 is 352. The van der Waals surface area contributed by atoms with Crippen LogP contribution in [0.5, 0.6) is 0 Å². The average molecular weight is 1330 g/mol. The highest BCUT2D eigenvalue weighted by Gasteiger charge is 2.82. The summed E-state index contributed by atoms with van der Waals surface area (Å²) in [6.07, 6.45) is -41.4. The quantitative estimate of drug-likeness (QED) is 0.0808. The lowest BCUT2D eigenvalue weighted by molar-refractivity contribution is -0.138. The van der Waals surface area contributed by atoms with Crippen LogP contribution in [0, 0.1) is 0 Å². The van der Waals surface area contributed by atoms with Crippen molar-refractivity contribution in [1.29, 1.82) is 0 Å². The molecule has 1 fully saturated rings. The fraction of sp³-hybridized carbons (Fsp3) is 0.143. The van der Waals surface area contributed by atoms with E-state index in [9.17, 15) is 105 Å². The van der Waals surface area contributed by atoms with Crippen LogP contribution in [0.4, 0.5) is 105 Å². The number of alkyl halides is 24. The molecule has 1 aliphatic rings. The van der Waals surface area contributed by atoms with Gasteiger partial charge in [0.25, 0.3) is 0 Å². The van der Waals surface area contributed by atoms with Crippen LogP contribution >= 0.6 is 28.1 Å². The van der Waals surface area contributed by atoms with Crippen LogP contribution in [0.25, 0.3) is 0 Å². The summed E-state index contributed by atoms with van der Waals surface area (Å²) in [5, 5.41) is -2.86. The van der Waals surface area contributed by atoms with E-state index in [-0.39, 0.29) is 42.4 Å². The van der Waals surface area contributed by atoms with Gasteiger partial charge in [0.1, 0.15) is 0 Å². The molecule has 0 atom stereocenters. The second kappa shape index (κ2) is 23.1. The van der Waals surface area contributed by atoms with Crippen LogP contribution in [0.3, 0.4) is 0 Å². The SMILES string of the molecule is FC(F)(F)c1ccc([P+]2(c3ccc(C(F)(F)F)cc3)[B][P+](c3ccc(C(F)(F)F)cc3)(c3ccc(C(F)(F)F)cc3)[B][P+](c3ccc(C(F)(F)F)cc3)(c3ccc(C(F)(F)F)cc3)[B][P+](c3ccc(C(F)(F)F)cc3)(c3ccc(C(F)(F)F)cc3)[B]2)cc1. The Morgan fingerprint density at radius 3 is 0.295 bits per heavy atom. The van der Waals surface area contributed by atoms with E-state index in [1.165, 1.54) is 26.9 Å². The lowest BCUT2D eigenvalue weighted by Gasteiger charge is -2.39. The molecular weight excluding hydrogens is 1300 g/mol. The van der Waals surface area contributed by atoms with E-state index in [4.69, 9.17) is 0 Å². The monoisotopic (exact) mass is 1330 g/mol. The zero-order chi connectivity index (χ0) is 64.7. The Morgan fingerprint density at radius 1 is 0.148 bits per heavy atom. The first kappa shape index (κ1) is 66.5. The number of halogens is 24. The zero-order valence-corrected chi connectivity index (χ0v) is 47.2. The van der Waals surface area contributed by atoms with Crippen LogP contribution < -0.4 is 42.4 Å². The molecule has 1 saturated heterocycles. The van der Waals surface area contributed by atoms with Crippen molar-refractivity contribution in [2.75, 3.05) is 0 Å². The maximum absolute atomic E-state index is 14.7. The minimum absolute atomic E-state index is 0.358. The third-order valence-electron chi connectivity index (χ3n) is 14.4. The smallest absolute Gasteiger partial charge is 0.166 e. The Balaban J connectivity index is 1.58. The molecule has 4 radical (unpaired) electrons. The van der Waals surface area contributed by atoms with E-state index in [2.05, 4.69) is 0 Å². The highest BCUT2D eigenvalue weighted by atomic mass is 31.3. The molecule has 0 nitrogen and oxygen atoms in total. The molecule has 0 N–H and O–H groups in total. The standard InChI is InChI=1S/C56H32B4F24P4/c61-49(62,63)33-1-17-41(18-2-33)85(42-19-3-34(4-20-42)50(64,65)66)57-86(43-21-5-35(6-22-43)51(67,68)69,44-23-7-36(8-24-44)52(70,71)72)59-88(47-29-13-39(14-30-47)55(79,80)81,48-31-15-40(16-32-48)56(82,83)84)60-87(58-85,45-25-9-37(10-26-45)53(73,74)75)46-27-11-38(12-28-46)54(76,77)78/h1-32H/q+4. The Bertz CT molecular complexity index is 3000. The molecular formula is C56H32B4F24P4+4. The molecule has 88 heavy (non-hydrogen) atoms. The number of benzene rings is 8. The van der Waals surface area contributed by atoms with Gasteiger partial charge in [0.2, 0.25) is 0 Å². The fourth-order valence-electron chi connectivity index (χ4n) is 10.1. The van der Waals surface area contributed by atoms with Crippen molar-refractivity contribution < 1.29 is 105 Å². The lowest BCUT2D eigenvalue weighted by atomic mass is 10.2. The highest BCUT2D eigenvalue weighted by Crippen LogP contribution is 2.85. The molecule has 0 bridgehead atoms. The molecule has 8 aromatic rings. The van der Waals surface area contributed by atoms with Crippen LogP contribution in [0.1, 0.15) is 44.5 Å².